The zero-order chi connectivity index (χ0) is 24.5. The van der Waals surface area contributed by atoms with Crippen LogP contribution in [0.4, 0.5) is 0 Å². The van der Waals surface area contributed by atoms with Crippen LogP contribution in [0.3, 0.4) is 0 Å². The molecule has 1 unspecified atom stereocenters. The number of fused-ring (bicyclic) bond motifs is 2. The van der Waals surface area contributed by atoms with Gasteiger partial charge in [0.25, 0.3) is 0 Å². The molecule has 0 radical (unpaired) electrons. The second kappa shape index (κ2) is 9.37. The number of pyridine rings is 1. The Kier molecular flexibility index (Phi) is 6.11. The Morgan fingerprint density at radius 1 is 1.20 bits per heavy atom. The summed E-state index contributed by atoms with van der Waals surface area (Å²) in [4.78, 5) is 24.3. The number of carbonyl (C=O) groups excluding carboxylic acids is 1. The third-order valence-electron chi connectivity index (χ3n) is 6.30. The predicted octanol–water partition coefficient (Wildman–Crippen LogP) is 4.00. The van der Waals surface area contributed by atoms with Crippen LogP contribution in [0.15, 0.2) is 76.7 Å². The van der Waals surface area contributed by atoms with Gasteiger partial charge in [-0.25, -0.2) is 14.8 Å². The normalized spacial score (nSPS) is 17.2. The van der Waals surface area contributed by atoms with Gasteiger partial charge in [-0.2, -0.15) is 5.10 Å². The fourth-order valence-electron chi connectivity index (χ4n) is 4.57. The lowest BCUT2D eigenvalue weighted by Gasteiger charge is -2.31. The number of ether oxygens (including phenoxy) is 1. The molecular weight excluding hydrogens is 440 g/mol. The quantitative estimate of drug-likeness (QED) is 0.488. The maximum atomic E-state index is 12.8. The van der Waals surface area contributed by atoms with E-state index in [-0.39, 0.29) is 12.0 Å². The number of nitrogens with zero attached hydrogens (tertiary/aromatic N) is 6. The van der Waals surface area contributed by atoms with Gasteiger partial charge in [0.2, 0.25) is 0 Å². The highest BCUT2D eigenvalue weighted by Crippen LogP contribution is 2.30. The van der Waals surface area contributed by atoms with Crippen molar-refractivity contribution in [1.82, 2.24) is 19.5 Å². The summed E-state index contributed by atoms with van der Waals surface area (Å²) in [5, 5.41) is 7.69. The molecule has 3 aromatic rings. The van der Waals surface area contributed by atoms with Gasteiger partial charge in [0.15, 0.2) is 11.9 Å². The Morgan fingerprint density at radius 2 is 2.00 bits per heavy atom. The fourth-order valence-corrected chi connectivity index (χ4v) is 4.57. The van der Waals surface area contributed by atoms with E-state index in [1.807, 2.05) is 44.4 Å². The van der Waals surface area contributed by atoms with Crippen molar-refractivity contribution in [3.05, 3.63) is 77.8 Å². The van der Waals surface area contributed by atoms with Gasteiger partial charge in [0.1, 0.15) is 5.65 Å². The topological polar surface area (TPSA) is 75.3 Å². The number of benzene rings is 1. The van der Waals surface area contributed by atoms with Gasteiger partial charge in [0, 0.05) is 43.0 Å². The first-order valence-corrected chi connectivity index (χ1v) is 12.0. The number of likely N-dealkylation sites (N-methyl/N-ethyl adjacent to an activating group) is 1. The maximum absolute atomic E-state index is 12.8. The highest BCUT2D eigenvalue weighted by Gasteiger charge is 2.39. The van der Waals surface area contributed by atoms with Crippen molar-refractivity contribution in [2.24, 2.45) is 10.1 Å². The van der Waals surface area contributed by atoms with Crippen molar-refractivity contribution in [1.29, 1.82) is 0 Å². The third-order valence-corrected chi connectivity index (χ3v) is 6.30. The van der Waals surface area contributed by atoms with Crippen LogP contribution in [0.1, 0.15) is 37.9 Å². The molecule has 5 rings (SSSR count). The van der Waals surface area contributed by atoms with E-state index in [2.05, 4.69) is 58.8 Å². The number of allylic oxidation sites excluding steroid dienone is 1. The number of hydrogen-bond acceptors (Lipinski definition) is 7. The average Bonchev–Trinajstić information content (AvgIpc) is 3.46. The number of hydrogen-bond donors (Lipinski definition) is 0. The second-order valence-electron chi connectivity index (χ2n) is 9.05. The van der Waals surface area contributed by atoms with E-state index < -0.39 is 6.04 Å². The summed E-state index contributed by atoms with van der Waals surface area (Å²) in [5.74, 6) is 0.378. The van der Waals surface area contributed by atoms with E-state index in [4.69, 9.17) is 14.8 Å². The van der Waals surface area contributed by atoms with Crippen LogP contribution in [-0.4, -0.2) is 63.2 Å². The maximum Gasteiger partial charge on any atom is 0.332 e. The minimum atomic E-state index is -0.578. The number of esters is 1. The van der Waals surface area contributed by atoms with Crippen molar-refractivity contribution in [3.8, 4) is 0 Å². The van der Waals surface area contributed by atoms with Crippen molar-refractivity contribution in [2.75, 3.05) is 20.2 Å². The Balaban J connectivity index is 1.60. The molecule has 0 amide bonds. The molecule has 0 bridgehead atoms. The fraction of sp³-hybridized carbons (Fsp3) is 0.333. The van der Waals surface area contributed by atoms with Crippen LogP contribution in [0.25, 0.3) is 11.0 Å². The molecule has 4 heterocycles. The molecule has 0 aliphatic carbocycles. The number of aliphatic imine (C=N–C) groups is 1. The molecule has 0 fully saturated rings. The zero-order valence-electron chi connectivity index (χ0n) is 20.5. The molecule has 2 aliphatic rings. The van der Waals surface area contributed by atoms with E-state index in [1.54, 1.807) is 5.01 Å². The van der Waals surface area contributed by atoms with Crippen LogP contribution >= 0.6 is 0 Å². The molecule has 1 aromatic carbocycles. The molecule has 0 spiro atoms. The minimum Gasteiger partial charge on any atom is -0.464 e. The first-order valence-electron chi connectivity index (χ1n) is 12.0. The third kappa shape index (κ3) is 4.20. The summed E-state index contributed by atoms with van der Waals surface area (Å²) in [6.45, 7) is 7.42. The van der Waals surface area contributed by atoms with Gasteiger partial charge in [-0.05, 0) is 44.5 Å². The molecule has 180 valence electrons. The van der Waals surface area contributed by atoms with E-state index >= 15 is 0 Å². The van der Waals surface area contributed by atoms with Crippen molar-refractivity contribution in [3.63, 3.8) is 0 Å². The molecule has 0 N–H and O–H groups in total. The summed E-state index contributed by atoms with van der Waals surface area (Å²) in [5.41, 5.74) is 4.76. The van der Waals surface area contributed by atoms with E-state index in [9.17, 15) is 4.79 Å². The first-order chi connectivity index (χ1) is 17.0. The predicted molar refractivity (Wildman–Crippen MR) is 137 cm³/mol. The van der Waals surface area contributed by atoms with Crippen LogP contribution in [0.5, 0.6) is 0 Å². The number of amidine groups is 1. The Hall–Kier alpha value is -3.94. The largest absolute Gasteiger partial charge is 0.464 e. The lowest BCUT2D eigenvalue weighted by Crippen LogP contribution is -2.44. The van der Waals surface area contributed by atoms with Crippen LogP contribution in [0.2, 0.25) is 0 Å². The molecule has 8 nitrogen and oxygen atoms in total. The van der Waals surface area contributed by atoms with Crippen LogP contribution < -0.4 is 0 Å². The SMILES string of the molecule is CCOC(=O)C1CN=C2C(N(C)Cc3ccccc3)=CC(c3cn(C(C)C)c4ncccc34)=NN21. The molecule has 0 saturated carbocycles. The molecule has 35 heavy (non-hydrogen) atoms. The lowest BCUT2D eigenvalue weighted by atomic mass is 10.1. The summed E-state index contributed by atoms with van der Waals surface area (Å²) in [6, 6.07) is 14.0. The molecule has 2 aliphatic heterocycles. The standard InChI is InChI=1S/C27H30N6O2/c1-5-35-27(34)24-15-29-26-23(31(4)16-19-10-7-6-8-11-19)14-22(30-33(24)26)21-17-32(18(2)3)25-20(21)12-9-13-28-25/h6-14,17-18,24H,5,15-16H2,1-4H3. The number of hydrazone groups is 1. The summed E-state index contributed by atoms with van der Waals surface area (Å²) in [7, 11) is 2.04. The van der Waals surface area contributed by atoms with Crippen LogP contribution in [0, 0.1) is 0 Å². The van der Waals surface area contributed by atoms with Gasteiger partial charge < -0.3 is 14.2 Å². The van der Waals surface area contributed by atoms with Gasteiger partial charge in [-0.1, -0.05) is 30.3 Å². The monoisotopic (exact) mass is 470 g/mol. The molecular formula is C27H30N6O2. The summed E-state index contributed by atoms with van der Waals surface area (Å²) < 4.78 is 7.50. The highest BCUT2D eigenvalue weighted by molar-refractivity contribution is 6.21. The minimum absolute atomic E-state index is 0.241. The molecule has 2 aromatic heterocycles. The Labute approximate surface area is 205 Å². The van der Waals surface area contributed by atoms with Crippen LogP contribution in [-0.2, 0) is 16.1 Å². The van der Waals surface area contributed by atoms with Gasteiger partial charge in [0.05, 0.1) is 24.6 Å². The van der Waals surface area contributed by atoms with Crippen molar-refractivity contribution in [2.45, 2.75) is 39.4 Å². The highest BCUT2D eigenvalue weighted by atomic mass is 16.5. The van der Waals surface area contributed by atoms with E-state index in [1.165, 1.54) is 5.56 Å². The van der Waals surface area contributed by atoms with E-state index in [0.717, 1.165) is 28.0 Å². The van der Waals surface area contributed by atoms with Crippen molar-refractivity contribution < 1.29 is 9.53 Å². The van der Waals surface area contributed by atoms with Gasteiger partial charge in [-0.3, -0.25) is 4.99 Å². The van der Waals surface area contributed by atoms with E-state index in [0.29, 0.717) is 25.5 Å². The molecule has 1 atom stereocenters. The average molecular weight is 471 g/mol. The second-order valence-corrected chi connectivity index (χ2v) is 9.05. The molecule has 0 saturated heterocycles. The zero-order valence-corrected chi connectivity index (χ0v) is 20.5. The number of rotatable bonds is 7. The molecule has 8 heteroatoms. The van der Waals surface area contributed by atoms with Crippen molar-refractivity contribution >= 4 is 28.6 Å². The summed E-state index contributed by atoms with van der Waals surface area (Å²) in [6.07, 6.45) is 5.98. The first kappa shape index (κ1) is 22.8. The Morgan fingerprint density at radius 3 is 2.74 bits per heavy atom. The smallest absolute Gasteiger partial charge is 0.332 e. The summed E-state index contributed by atoms with van der Waals surface area (Å²) >= 11 is 0. The van der Waals surface area contributed by atoms with Gasteiger partial charge >= 0.3 is 5.97 Å². The Bertz CT molecular complexity index is 1340. The number of carbonyl (C=O) groups is 1. The lowest BCUT2D eigenvalue weighted by molar-refractivity contribution is -0.147. The van der Waals surface area contributed by atoms with Gasteiger partial charge in [-0.15, -0.1) is 0 Å². The number of aromatic nitrogens is 2.